The fourth-order valence-electron chi connectivity index (χ4n) is 1.52. The van der Waals surface area contributed by atoms with Crippen molar-refractivity contribution in [2.75, 3.05) is 32.7 Å². The largest absolute Gasteiger partial charge is 0.314 e. The van der Waals surface area contributed by atoms with Crippen molar-refractivity contribution in [3.63, 3.8) is 0 Å². The Hall–Kier alpha value is -0.0500. The second-order valence-electron chi connectivity index (χ2n) is 4.66. The molecule has 0 unspecified atom stereocenters. The van der Waals surface area contributed by atoms with E-state index in [4.69, 9.17) is 0 Å². The first-order valence-corrected chi connectivity index (χ1v) is 6.73. The van der Waals surface area contributed by atoms with Crippen LogP contribution in [0.15, 0.2) is 11.6 Å². The molecular formula is C14H31ClN2. The SMILES string of the molecule is CC=C(C)C.CCCCCN1CCNCC1.Cl. The van der Waals surface area contributed by atoms with Crippen molar-refractivity contribution in [2.24, 2.45) is 0 Å². The third-order valence-corrected chi connectivity index (χ3v) is 2.86. The lowest BCUT2D eigenvalue weighted by Gasteiger charge is -2.26. The van der Waals surface area contributed by atoms with Gasteiger partial charge in [0, 0.05) is 26.2 Å². The van der Waals surface area contributed by atoms with E-state index in [1.807, 2.05) is 6.92 Å². The molecule has 0 aromatic carbocycles. The second kappa shape index (κ2) is 14.0. The summed E-state index contributed by atoms with van der Waals surface area (Å²) in [6, 6.07) is 0. The van der Waals surface area contributed by atoms with E-state index in [0.29, 0.717) is 0 Å². The summed E-state index contributed by atoms with van der Waals surface area (Å²) in [7, 11) is 0. The number of nitrogens with zero attached hydrogens (tertiary/aromatic N) is 1. The van der Waals surface area contributed by atoms with Crippen LogP contribution in [-0.4, -0.2) is 37.6 Å². The van der Waals surface area contributed by atoms with Gasteiger partial charge >= 0.3 is 0 Å². The Labute approximate surface area is 114 Å². The third-order valence-electron chi connectivity index (χ3n) is 2.86. The predicted molar refractivity (Wildman–Crippen MR) is 81.2 cm³/mol. The molecule has 0 aliphatic carbocycles. The Morgan fingerprint density at radius 3 is 2.12 bits per heavy atom. The Kier molecular flexibility index (Phi) is 15.9. The first-order valence-electron chi connectivity index (χ1n) is 6.73. The smallest absolute Gasteiger partial charge is 0.0107 e. The van der Waals surface area contributed by atoms with Crippen LogP contribution in [0, 0.1) is 0 Å². The highest BCUT2D eigenvalue weighted by atomic mass is 35.5. The van der Waals surface area contributed by atoms with Gasteiger partial charge in [0.25, 0.3) is 0 Å². The molecule has 0 bridgehead atoms. The molecule has 1 fully saturated rings. The van der Waals surface area contributed by atoms with Crippen molar-refractivity contribution < 1.29 is 0 Å². The molecule has 0 aromatic rings. The van der Waals surface area contributed by atoms with E-state index in [1.165, 1.54) is 57.6 Å². The molecule has 2 nitrogen and oxygen atoms in total. The van der Waals surface area contributed by atoms with Crippen molar-refractivity contribution in [1.29, 1.82) is 0 Å². The Bertz CT molecular complexity index is 171. The highest BCUT2D eigenvalue weighted by Crippen LogP contribution is 1.98. The molecule has 0 spiro atoms. The number of allylic oxidation sites excluding steroid dienone is 2. The van der Waals surface area contributed by atoms with Gasteiger partial charge < -0.3 is 10.2 Å². The predicted octanol–water partition coefficient (Wildman–Crippen LogP) is 3.48. The molecule has 1 aliphatic heterocycles. The molecule has 1 N–H and O–H groups in total. The molecular weight excluding hydrogens is 232 g/mol. The topological polar surface area (TPSA) is 15.3 Å². The van der Waals surface area contributed by atoms with Gasteiger partial charge in [-0.05, 0) is 33.7 Å². The maximum Gasteiger partial charge on any atom is 0.0107 e. The van der Waals surface area contributed by atoms with Crippen LogP contribution in [-0.2, 0) is 0 Å². The number of nitrogens with one attached hydrogen (secondary N) is 1. The fraction of sp³-hybridized carbons (Fsp3) is 0.857. The van der Waals surface area contributed by atoms with Gasteiger partial charge in [-0.1, -0.05) is 31.4 Å². The van der Waals surface area contributed by atoms with Crippen LogP contribution in [0.5, 0.6) is 0 Å². The highest BCUT2D eigenvalue weighted by molar-refractivity contribution is 5.85. The Morgan fingerprint density at radius 1 is 1.18 bits per heavy atom. The molecule has 17 heavy (non-hydrogen) atoms. The zero-order valence-electron chi connectivity index (χ0n) is 12.1. The molecule has 1 rings (SSSR count). The van der Waals surface area contributed by atoms with Crippen molar-refractivity contribution in [3.05, 3.63) is 11.6 Å². The van der Waals surface area contributed by atoms with Crippen LogP contribution in [0.25, 0.3) is 0 Å². The van der Waals surface area contributed by atoms with Crippen molar-refractivity contribution in [1.82, 2.24) is 10.2 Å². The number of halogens is 1. The summed E-state index contributed by atoms with van der Waals surface area (Å²) in [4.78, 5) is 2.56. The van der Waals surface area contributed by atoms with Gasteiger partial charge in [0.15, 0.2) is 0 Å². The van der Waals surface area contributed by atoms with Gasteiger partial charge in [0.1, 0.15) is 0 Å². The minimum absolute atomic E-state index is 0. The van der Waals surface area contributed by atoms with Gasteiger partial charge in [0.2, 0.25) is 0 Å². The zero-order valence-corrected chi connectivity index (χ0v) is 12.9. The van der Waals surface area contributed by atoms with E-state index >= 15 is 0 Å². The molecule has 1 aliphatic rings. The quantitative estimate of drug-likeness (QED) is 0.617. The number of unbranched alkanes of at least 4 members (excludes halogenated alkanes) is 2. The molecule has 1 saturated heterocycles. The van der Waals surface area contributed by atoms with E-state index < -0.39 is 0 Å². The third kappa shape index (κ3) is 13.9. The molecule has 104 valence electrons. The lowest BCUT2D eigenvalue weighted by Crippen LogP contribution is -2.43. The van der Waals surface area contributed by atoms with Crippen LogP contribution in [0.4, 0.5) is 0 Å². The van der Waals surface area contributed by atoms with E-state index in [2.05, 4.69) is 37.1 Å². The fourth-order valence-corrected chi connectivity index (χ4v) is 1.52. The Morgan fingerprint density at radius 2 is 1.71 bits per heavy atom. The summed E-state index contributed by atoms with van der Waals surface area (Å²) in [5.41, 5.74) is 1.38. The van der Waals surface area contributed by atoms with Gasteiger partial charge in [-0.25, -0.2) is 0 Å². The summed E-state index contributed by atoms with van der Waals surface area (Å²) in [5.74, 6) is 0. The van der Waals surface area contributed by atoms with Crippen LogP contribution < -0.4 is 5.32 Å². The molecule has 0 aromatic heterocycles. The lowest BCUT2D eigenvalue weighted by molar-refractivity contribution is 0.236. The number of rotatable bonds is 4. The first-order chi connectivity index (χ1) is 7.70. The average Bonchev–Trinajstić information content (AvgIpc) is 2.31. The molecule has 3 heteroatoms. The van der Waals surface area contributed by atoms with Gasteiger partial charge in [-0.3, -0.25) is 0 Å². The maximum absolute atomic E-state index is 3.36. The normalized spacial score (nSPS) is 15.3. The summed E-state index contributed by atoms with van der Waals surface area (Å²) in [6.07, 6.45) is 6.20. The molecule has 0 atom stereocenters. The van der Waals surface area contributed by atoms with Crippen molar-refractivity contribution >= 4 is 12.4 Å². The summed E-state index contributed by atoms with van der Waals surface area (Å²) in [6.45, 7) is 14.7. The van der Waals surface area contributed by atoms with Gasteiger partial charge in [-0.15, -0.1) is 12.4 Å². The van der Waals surface area contributed by atoms with Crippen LogP contribution in [0.2, 0.25) is 0 Å². The van der Waals surface area contributed by atoms with E-state index in [0.717, 1.165) is 0 Å². The number of piperazine rings is 1. The van der Waals surface area contributed by atoms with Crippen molar-refractivity contribution in [2.45, 2.75) is 47.0 Å². The van der Waals surface area contributed by atoms with Gasteiger partial charge in [-0.2, -0.15) is 0 Å². The van der Waals surface area contributed by atoms with Crippen molar-refractivity contribution in [3.8, 4) is 0 Å². The molecule has 0 amide bonds. The average molecular weight is 263 g/mol. The number of hydrogen-bond acceptors (Lipinski definition) is 2. The van der Waals surface area contributed by atoms with Crippen LogP contribution in [0.1, 0.15) is 47.0 Å². The Balaban J connectivity index is 0. The summed E-state index contributed by atoms with van der Waals surface area (Å²) in [5, 5.41) is 3.36. The van der Waals surface area contributed by atoms with E-state index in [1.54, 1.807) is 0 Å². The second-order valence-corrected chi connectivity index (χ2v) is 4.66. The number of hydrogen-bond donors (Lipinski definition) is 1. The summed E-state index contributed by atoms with van der Waals surface area (Å²) >= 11 is 0. The molecule has 0 saturated carbocycles. The minimum atomic E-state index is 0. The standard InChI is InChI=1S/C9H20N2.C5H10.ClH/c1-2-3-4-7-11-8-5-10-6-9-11;1-4-5(2)3;/h10H,2-9H2,1H3;4H,1-3H3;1H. The van der Waals surface area contributed by atoms with Crippen LogP contribution in [0.3, 0.4) is 0 Å². The van der Waals surface area contributed by atoms with E-state index in [9.17, 15) is 0 Å². The molecule has 1 heterocycles. The monoisotopic (exact) mass is 262 g/mol. The first kappa shape index (κ1) is 19.3. The highest BCUT2D eigenvalue weighted by Gasteiger charge is 2.07. The maximum atomic E-state index is 3.36. The van der Waals surface area contributed by atoms with Gasteiger partial charge in [0.05, 0.1) is 0 Å². The lowest BCUT2D eigenvalue weighted by atomic mass is 10.2. The molecule has 0 radical (unpaired) electrons. The zero-order chi connectivity index (χ0) is 12.2. The summed E-state index contributed by atoms with van der Waals surface area (Å²) < 4.78 is 0. The van der Waals surface area contributed by atoms with Crippen LogP contribution >= 0.6 is 12.4 Å². The van der Waals surface area contributed by atoms with E-state index in [-0.39, 0.29) is 12.4 Å². The minimum Gasteiger partial charge on any atom is -0.314 e.